The molecule has 1 aromatic rings. The van der Waals surface area contributed by atoms with E-state index in [0.29, 0.717) is 17.7 Å². The molecule has 1 rings (SSSR count). The highest BCUT2D eigenvalue weighted by Crippen LogP contribution is 2.37. The third-order valence-corrected chi connectivity index (χ3v) is 4.35. The van der Waals surface area contributed by atoms with E-state index in [4.69, 9.17) is 0 Å². The van der Waals surface area contributed by atoms with Gasteiger partial charge in [0.2, 0.25) is 0 Å². The van der Waals surface area contributed by atoms with E-state index in [1.54, 1.807) is 6.92 Å². The molecule has 0 unspecified atom stereocenters. The molecule has 23 heavy (non-hydrogen) atoms. The van der Waals surface area contributed by atoms with Gasteiger partial charge in [-0.1, -0.05) is 71.2 Å². The summed E-state index contributed by atoms with van der Waals surface area (Å²) in [7, 11) is 0. The first kappa shape index (κ1) is 19.6. The van der Waals surface area contributed by atoms with Gasteiger partial charge in [0, 0.05) is 24.7 Å². The molecule has 0 radical (unpaired) electrons. The predicted molar refractivity (Wildman–Crippen MR) is 100 cm³/mol. The maximum Gasteiger partial charge on any atom is 0.185 e. The molecule has 1 aromatic carbocycles. The number of rotatable bonds is 2. The third-order valence-electron chi connectivity index (χ3n) is 3.54. The van der Waals surface area contributed by atoms with Crippen molar-refractivity contribution in [3.05, 3.63) is 28.8 Å². The van der Waals surface area contributed by atoms with E-state index < -0.39 is 0 Å². The molecule has 0 atom stereocenters. The summed E-state index contributed by atoms with van der Waals surface area (Å²) in [5.74, 6) is 7.12. The first-order valence-electron chi connectivity index (χ1n) is 7.93. The fourth-order valence-electron chi connectivity index (χ4n) is 2.14. The fourth-order valence-corrected chi connectivity index (χ4v) is 2.63. The van der Waals surface area contributed by atoms with Gasteiger partial charge < -0.3 is 5.11 Å². The normalized spacial score (nSPS) is 11.8. The number of phenols is 1. The Morgan fingerprint density at radius 2 is 1.74 bits per heavy atom. The van der Waals surface area contributed by atoms with Crippen molar-refractivity contribution in [3.63, 3.8) is 0 Å². The van der Waals surface area contributed by atoms with E-state index in [0.717, 1.165) is 5.56 Å². The Morgan fingerprint density at radius 1 is 1.13 bits per heavy atom. The minimum absolute atomic E-state index is 0.00535. The Balaban J connectivity index is 3.21. The van der Waals surface area contributed by atoms with Gasteiger partial charge in [-0.25, -0.2) is 0 Å². The van der Waals surface area contributed by atoms with Crippen molar-refractivity contribution in [1.82, 2.24) is 0 Å². The zero-order valence-corrected chi connectivity index (χ0v) is 16.1. The number of phenolic OH excluding ortho intramolecular Hbond substituents is 1. The molecule has 0 aliphatic heterocycles. The maximum absolute atomic E-state index is 10.9. The monoisotopic (exact) mass is 332 g/mol. The predicted octanol–water partition coefficient (Wildman–Crippen LogP) is 5.01. The first-order valence-corrected chi connectivity index (χ1v) is 8.91. The number of carbonyl (C=O) groups excluding carboxylic acids is 1. The van der Waals surface area contributed by atoms with Crippen LogP contribution in [0, 0.1) is 11.8 Å². The molecule has 0 aliphatic carbocycles. The van der Waals surface area contributed by atoms with Crippen LogP contribution in [0.25, 0.3) is 0 Å². The number of benzene rings is 1. The van der Waals surface area contributed by atoms with Crippen LogP contribution >= 0.6 is 11.8 Å². The van der Waals surface area contributed by atoms with Gasteiger partial charge in [0.05, 0.1) is 5.56 Å². The lowest BCUT2D eigenvalue weighted by Crippen LogP contribution is -2.17. The molecule has 0 heterocycles. The topological polar surface area (TPSA) is 37.3 Å². The Kier molecular flexibility index (Phi) is 6.36. The molecule has 0 bridgehead atoms. The van der Waals surface area contributed by atoms with E-state index in [1.165, 1.54) is 17.3 Å². The molecule has 1 N–H and O–H groups in total. The van der Waals surface area contributed by atoms with Crippen molar-refractivity contribution in [3.8, 4) is 17.6 Å². The lowest BCUT2D eigenvalue weighted by Gasteiger charge is -2.26. The summed E-state index contributed by atoms with van der Waals surface area (Å²) in [4.78, 5) is 10.9. The SMILES string of the molecule is CC(=O)SCCC#Cc1cc(C(C)(C)C)cc(C(C)(C)C)c1O. The fraction of sp³-hybridized carbons (Fsp3) is 0.550. The summed E-state index contributed by atoms with van der Waals surface area (Å²) in [6, 6.07) is 4.07. The van der Waals surface area contributed by atoms with Crippen molar-refractivity contribution in [1.29, 1.82) is 0 Å². The molecule has 2 nitrogen and oxygen atoms in total. The smallest absolute Gasteiger partial charge is 0.185 e. The van der Waals surface area contributed by atoms with Gasteiger partial charge in [0.25, 0.3) is 0 Å². The number of hydrogen-bond donors (Lipinski definition) is 1. The van der Waals surface area contributed by atoms with E-state index >= 15 is 0 Å². The largest absolute Gasteiger partial charge is 0.506 e. The Morgan fingerprint density at radius 3 is 2.22 bits per heavy atom. The lowest BCUT2D eigenvalue weighted by molar-refractivity contribution is -0.109. The summed E-state index contributed by atoms with van der Waals surface area (Å²) < 4.78 is 0. The zero-order chi connectivity index (χ0) is 17.8. The average Bonchev–Trinajstić information content (AvgIpc) is 2.36. The number of thioether (sulfide) groups is 1. The van der Waals surface area contributed by atoms with Crippen LogP contribution in [0.5, 0.6) is 5.75 Å². The highest BCUT2D eigenvalue weighted by molar-refractivity contribution is 8.13. The molecule has 0 aromatic heterocycles. The molecular weight excluding hydrogens is 304 g/mol. The first-order chi connectivity index (χ1) is 10.4. The van der Waals surface area contributed by atoms with Gasteiger partial charge in [-0.2, -0.15) is 0 Å². The number of hydrogen-bond acceptors (Lipinski definition) is 3. The van der Waals surface area contributed by atoms with Crippen molar-refractivity contribution in [2.75, 3.05) is 5.75 Å². The summed E-state index contributed by atoms with van der Waals surface area (Å²) in [6.45, 7) is 14.3. The average molecular weight is 333 g/mol. The van der Waals surface area contributed by atoms with E-state index in [9.17, 15) is 9.90 Å². The van der Waals surface area contributed by atoms with Crippen LogP contribution < -0.4 is 0 Å². The highest BCUT2D eigenvalue weighted by Gasteiger charge is 2.24. The zero-order valence-electron chi connectivity index (χ0n) is 15.3. The minimum atomic E-state index is -0.147. The second-order valence-corrected chi connectivity index (χ2v) is 9.08. The van der Waals surface area contributed by atoms with E-state index in [1.807, 2.05) is 6.07 Å². The highest BCUT2D eigenvalue weighted by atomic mass is 32.2. The maximum atomic E-state index is 10.9. The molecule has 0 aliphatic rings. The van der Waals surface area contributed by atoms with Gasteiger partial charge in [0.15, 0.2) is 5.12 Å². The summed E-state index contributed by atoms with van der Waals surface area (Å²) in [6.07, 6.45) is 0.633. The van der Waals surface area contributed by atoms with E-state index in [2.05, 4.69) is 59.4 Å². The Hall–Kier alpha value is -1.40. The Labute approximate surface area is 145 Å². The molecule has 0 fully saturated rings. The van der Waals surface area contributed by atoms with Crippen LogP contribution in [0.15, 0.2) is 12.1 Å². The van der Waals surface area contributed by atoms with Crippen molar-refractivity contribution >= 4 is 16.9 Å². The van der Waals surface area contributed by atoms with Gasteiger partial charge in [-0.05, 0) is 22.5 Å². The number of aromatic hydroxyl groups is 1. The second kappa shape index (κ2) is 7.45. The van der Waals surface area contributed by atoms with Crippen molar-refractivity contribution in [2.45, 2.75) is 65.7 Å². The third kappa shape index (κ3) is 5.95. The van der Waals surface area contributed by atoms with Crippen LogP contribution in [0.3, 0.4) is 0 Å². The molecule has 3 heteroatoms. The molecule has 126 valence electrons. The van der Waals surface area contributed by atoms with Crippen LogP contribution in [-0.2, 0) is 15.6 Å². The molecule has 0 saturated heterocycles. The molecule has 0 amide bonds. The van der Waals surface area contributed by atoms with Crippen molar-refractivity contribution in [2.24, 2.45) is 0 Å². The van der Waals surface area contributed by atoms with Gasteiger partial charge in [0.1, 0.15) is 5.75 Å². The minimum Gasteiger partial charge on any atom is -0.506 e. The van der Waals surface area contributed by atoms with Crippen LogP contribution in [0.4, 0.5) is 0 Å². The Bertz CT molecular complexity index is 635. The standard InChI is InChI=1S/C20H28O2S/c1-14(21)23-11-9-8-10-15-12-16(19(2,3)4)13-17(18(15)22)20(5,6)7/h12-13,22H,9,11H2,1-7H3. The summed E-state index contributed by atoms with van der Waals surface area (Å²) >= 11 is 1.28. The van der Waals surface area contributed by atoms with Gasteiger partial charge in [-0.15, -0.1) is 0 Å². The molecule has 0 spiro atoms. The van der Waals surface area contributed by atoms with Crippen LogP contribution in [-0.4, -0.2) is 16.0 Å². The quantitative estimate of drug-likeness (QED) is 0.611. The van der Waals surface area contributed by atoms with Gasteiger partial charge in [-0.3, -0.25) is 4.79 Å². The molecule has 0 saturated carbocycles. The van der Waals surface area contributed by atoms with Crippen molar-refractivity contribution < 1.29 is 9.90 Å². The van der Waals surface area contributed by atoms with Crippen LogP contribution in [0.1, 0.15) is 71.6 Å². The number of carbonyl (C=O) groups is 1. The molecular formula is C20H28O2S. The second-order valence-electron chi connectivity index (χ2n) is 7.81. The van der Waals surface area contributed by atoms with Crippen LogP contribution in [0.2, 0.25) is 0 Å². The summed E-state index contributed by atoms with van der Waals surface area (Å²) in [5, 5.41) is 10.7. The summed E-state index contributed by atoms with van der Waals surface area (Å²) in [5.41, 5.74) is 2.62. The lowest BCUT2D eigenvalue weighted by atomic mass is 9.79. The van der Waals surface area contributed by atoms with Gasteiger partial charge >= 0.3 is 0 Å². The van der Waals surface area contributed by atoms with E-state index in [-0.39, 0.29) is 21.7 Å².